The van der Waals surface area contributed by atoms with Gasteiger partial charge in [-0.2, -0.15) is 0 Å². The molecule has 30 heavy (non-hydrogen) atoms. The molecule has 0 spiro atoms. The van der Waals surface area contributed by atoms with Crippen molar-refractivity contribution < 1.29 is 14.7 Å². The van der Waals surface area contributed by atoms with Crippen LogP contribution in [0.25, 0.3) is 0 Å². The van der Waals surface area contributed by atoms with E-state index in [9.17, 15) is 14.7 Å². The molecule has 4 heteroatoms. The Morgan fingerprint density at radius 3 is 2.33 bits per heavy atom. The Balaban J connectivity index is 1.66. The largest absolute Gasteiger partial charge is 0.375 e. The summed E-state index contributed by atoms with van der Waals surface area (Å²) < 4.78 is 0. The van der Waals surface area contributed by atoms with Crippen molar-refractivity contribution in [2.45, 2.75) is 38.8 Å². The number of nitrogens with zero attached hydrogens (tertiary/aromatic N) is 1. The molecule has 0 fully saturated rings. The van der Waals surface area contributed by atoms with E-state index in [4.69, 9.17) is 0 Å². The van der Waals surface area contributed by atoms with E-state index in [-0.39, 0.29) is 12.2 Å². The highest BCUT2D eigenvalue weighted by Gasteiger charge is 2.50. The van der Waals surface area contributed by atoms with Crippen LogP contribution in [0.2, 0.25) is 0 Å². The Hall–Kier alpha value is -3.24. The summed E-state index contributed by atoms with van der Waals surface area (Å²) in [5.41, 5.74) is 3.00. The lowest BCUT2D eigenvalue weighted by Gasteiger charge is -2.23. The summed E-state index contributed by atoms with van der Waals surface area (Å²) in [6.45, 7) is 4.40. The number of aryl methyl sites for hydroxylation is 2. The smallest absolute Gasteiger partial charge is 0.264 e. The molecule has 3 aromatic carbocycles. The van der Waals surface area contributed by atoms with Crippen molar-refractivity contribution >= 4 is 17.4 Å². The number of ketones is 1. The third-order valence-electron chi connectivity index (χ3n) is 5.93. The molecule has 0 aromatic heterocycles. The van der Waals surface area contributed by atoms with Crippen LogP contribution in [0.4, 0.5) is 5.69 Å². The molecule has 0 saturated carbocycles. The van der Waals surface area contributed by atoms with E-state index in [0.717, 1.165) is 23.1 Å². The number of rotatable bonds is 6. The van der Waals surface area contributed by atoms with Crippen molar-refractivity contribution in [2.75, 3.05) is 4.90 Å². The van der Waals surface area contributed by atoms with Gasteiger partial charge in [-0.1, -0.05) is 73.7 Å². The molecule has 4 rings (SSSR count). The topological polar surface area (TPSA) is 57.6 Å². The average Bonchev–Trinajstić information content (AvgIpc) is 2.97. The molecular formula is C26H25NO3. The maximum atomic E-state index is 13.4. The number of aliphatic hydroxyl groups is 1. The number of carbonyl (C=O) groups is 2. The van der Waals surface area contributed by atoms with Gasteiger partial charge < -0.3 is 10.0 Å². The molecule has 1 aliphatic heterocycles. The number of hydrogen-bond donors (Lipinski definition) is 1. The second-order valence-electron chi connectivity index (χ2n) is 7.85. The van der Waals surface area contributed by atoms with Crippen LogP contribution in [0.15, 0.2) is 72.8 Å². The monoisotopic (exact) mass is 399 g/mol. The van der Waals surface area contributed by atoms with E-state index in [0.29, 0.717) is 23.4 Å². The zero-order chi connectivity index (χ0) is 21.3. The molecule has 0 radical (unpaired) electrons. The summed E-state index contributed by atoms with van der Waals surface area (Å²) in [6, 6.07) is 22.4. The number of benzene rings is 3. The fraction of sp³-hybridized carbons (Fsp3) is 0.231. The molecular weight excluding hydrogens is 374 g/mol. The summed E-state index contributed by atoms with van der Waals surface area (Å²) in [5, 5.41) is 11.5. The summed E-state index contributed by atoms with van der Waals surface area (Å²) in [5.74, 6) is -0.702. The van der Waals surface area contributed by atoms with Gasteiger partial charge in [-0.05, 0) is 36.1 Å². The van der Waals surface area contributed by atoms with Gasteiger partial charge in [-0.15, -0.1) is 0 Å². The Morgan fingerprint density at radius 2 is 1.63 bits per heavy atom. The SMILES string of the molecule is CCc1ccc(C(=O)C[C@]2(O)C(=O)N(Cc3ccccc3C)c3ccccc32)cc1. The molecule has 1 aliphatic rings. The molecule has 0 aliphatic carbocycles. The Bertz CT molecular complexity index is 1100. The predicted molar refractivity (Wildman–Crippen MR) is 117 cm³/mol. The molecule has 1 amide bonds. The summed E-state index contributed by atoms with van der Waals surface area (Å²) in [7, 11) is 0. The van der Waals surface area contributed by atoms with Gasteiger partial charge in [0.05, 0.1) is 18.7 Å². The van der Waals surface area contributed by atoms with Gasteiger partial charge >= 0.3 is 0 Å². The van der Waals surface area contributed by atoms with Crippen LogP contribution >= 0.6 is 0 Å². The average molecular weight is 399 g/mol. The van der Waals surface area contributed by atoms with Crippen molar-refractivity contribution in [3.63, 3.8) is 0 Å². The maximum absolute atomic E-state index is 13.4. The van der Waals surface area contributed by atoms with Crippen molar-refractivity contribution in [1.82, 2.24) is 0 Å². The zero-order valence-corrected chi connectivity index (χ0v) is 17.3. The molecule has 1 heterocycles. The molecule has 4 nitrogen and oxygen atoms in total. The van der Waals surface area contributed by atoms with E-state index < -0.39 is 11.5 Å². The number of amides is 1. The number of Topliss-reactive ketones (excluding diaryl/α,β-unsaturated/α-hetero) is 1. The van der Waals surface area contributed by atoms with Gasteiger partial charge in [0.25, 0.3) is 5.91 Å². The van der Waals surface area contributed by atoms with Crippen molar-refractivity contribution in [2.24, 2.45) is 0 Å². The van der Waals surface area contributed by atoms with Crippen LogP contribution in [0.5, 0.6) is 0 Å². The number of fused-ring (bicyclic) bond motifs is 1. The first-order chi connectivity index (χ1) is 14.4. The zero-order valence-electron chi connectivity index (χ0n) is 17.3. The summed E-state index contributed by atoms with van der Waals surface area (Å²) >= 11 is 0. The third-order valence-corrected chi connectivity index (χ3v) is 5.93. The standard InChI is InChI=1S/C26H25NO3/c1-3-19-12-14-20(15-13-19)24(28)16-26(30)22-10-6-7-11-23(22)27(25(26)29)17-21-9-5-4-8-18(21)2/h4-15,30H,3,16-17H2,1-2H3/t26-/m1/s1. The predicted octanol–water partition coefficient (Wildman–Crippen LogP) is 4.56. The minimum atomic E-state index is -1.86. The highest BCUT2D eigenvalue weighted by molar-refractivity contribution is 6.10. The van der Waals surface area contributed by atoms with Crippen LogP contribution in [0.3, 0.4) is 0 Å². The van der Waals surface area contributed by atoms with Gasteiger partial charge in [0, 0.05) is 11.1 Å². The van der Waals surface area contributed by atoms with Gasteiger partial charge in [-0.3, -0.25) is 9.59 Å². The highest BCUT2D eigenvalue weighted by Crippen LogP contribution is 2.43. The lowest BCUT2D eigenvalue weighted by molar-refractivity contribution is -0.136. The normalized spacial score (nSPS) is 17.8. The van der Waals surface area contributed by atoms with Gasteiger partial charge in [0.15, 0.2) is 11.4 Å². The van der Waals surface area contributed by atoms with E-state index >= 15 is 0 Å². The minimum Gasteiger partial charge on any atom is -0.375 e. The molecule has 0 bridgehead atoms. The molecule has 0 saturated heterocycles. The molecule has 1 atom stereocenters. The Labute approximate surface area is 176 Å². The van der Waals surface area contributed by atoms with Crippen molar-refractivity contribution in [3.05, 3.63) is 101 Å². The quantitative estimate of drug-likeness (QED) is 0.618. The first kappa shape index (κ1) is 20.0. The van der Waals surface area contributed by atoms with Gasteiger partial charge in [0.2, 0.25) is 0 Å². The van der Waals surface area contributed by atoms with Crippen LogP contribution in [0.1, 0.15) is 46.0 Å². The Kier molecular flexibility index (Phi) is 5.27. The fourth-order valence-electron chi connectivity index (χ4n) is 4.05. The molecule has 152 valence electrons. The first-order valence-electron chi connectivity index (χ1n) is 10.2. The van der Waals surface area contributed by atoms with E-state index in [1.807, 2.05) is 55.5 Å². The van der Waals surface area contributed by atoms with E-state index in [2.05, 4.69) is 6.92 Å². The van der Waals surface area contributed by atoms with Crippen LogP contribution in [-0.2, 0) is 23.4 Å². The van der Waals surface area contributed by atoms with Crippen molar-refractivity contribution in [1.29, 1.82) is 0 Å². The van der Waals surface area contributed by atoms with Crippen molar-refractivity contribution in [3.8, 4) is 0 Å². The lowest BCUT2D eigenvalue weighted by atomic mass is 9.88. The lowest BCUT2D eigenvalue weighted by Crippen LogP contribution is -2.41. The summed E-state index contributed by atoms with van der Waals surface area (Å²) in [6.07, 6.45) is 0.608. The van der Waals surface area contributed by atoms with Gasteiger partial charge in [-0.25, -0.2) is 0 Å². The van der Waals surface area contributed by atoms with Gasteiger partial charge in [0.1, 0.15) is 0 Å². The van der Waals surface area contributed by atoms with Crippen LogP contribution in [0, 0.1) is 6.92 Å². The van der Waals surface area contributed by atoms with Crippen LogP contribution in [-0.4, -0.2) is 16.8 Å². The molecule has 1 N–H and O–H groups in total. The maximum Gasteiger partial charge on any atom is 0.264 e. The Morgan fingerprint density at radius 1 is 0.967 bits per heavy atom. The molecule has 0 unspecified atom stereocenters. The van der Waals surface area contributed by atoms with E-state index in [1.54, 1.807) is 29.2 Å². The third kappa shape index (κ3) is 3.44. The minimum absolute atomic E-state index is 0.249. The highest BCUT2D eigenvalue weighted by atomic mass is 16.3. The number of anilines is 1. The first-order valence-corrected chi connectivity index (χ1v) is 10.2. The number of hydrogen-bond acceptors (Lipinski definition) is 3. The second-order valence-corrected chi connectivity index (χ2v) is 7.85. The number of para-hydroxylation sites is 1. The van der Waals surface area contributed by atoms with E-state index in [1.165, 1.54) is 0 Å². The molecule has 3 aromatic rings. The summed E-state index contributed by atoms with van der Waals surface area (Å²) in [4.78, 5) is 27.9. The fourth-order valence-corrected chi connectivity index (χ4v) is 4.05. The van der Waals surface area contributed by atoms with Crippen LogP contribution < -0.4 is 4.90 Å². The number of carbonyl (C=O) groups excluding carboxylic acids is 2. The second kappa shape index (κ2) is 7.88.